The SMILES string of the molecule is CN(C)Cc1ccccc1CNC(=O)c1ccccc1COc1ccccc1. The number of para-hydroxylation sites is 1. The topological polar surface area (TPSA) is 41.6 Å². The lowest BCUT2D eigenvalue weighted by Crippen LogP contribution is -2.25. The third-order valence-corrected chi connectivity index (χ3v) is 4.44. The summed E-state index contributed by atoms with van der Waals surface area (Å²) in [5.41, 5.74) is 3.85. The maximum Gasteiger partial charge on any atom is 0.251 e. The first-order valence-corrected chi connectivity index (χ1v) is 9.39. The number of rotatable bonds is 8. The van der Waals surface area contributed by atoms with Gasteiger partial charge in [0.2, 0.25) is 0 Å². The van der Waals surface area contributed by atoms with E-state index in [1.54, 1.807) is 0 Å². The van der Waals surface area contributed by atoms with Crippen LogP contribution in [0.1, 0.15) is 27.0 Å². The summed E-state index contributed by atoms with van der Waals surface area (Å²) in [4.78, 5) is 14.9. The molecule has 0 bridgehead atoms. The molecule has 0 aliphatic carbocycles. The zero-order valence-corrected chi connectivity index (χ0v) is 16.4. The molecule has 0 fully saturated rings. The van der Waals surface area contributed by atoms with Crippen LogP contribution < -0.4 is 10.1 Å². The van der Waals surface area contributed by atoms with E-state index in [0.717, 1.165) is 23.4 Å². The normalized spacial score (nSPS) is 10.7. The second-order valence-electron chi connectivity index (χ2n) is 6.95. The molecular weight excluding hydrogens is 348 g/mol. The molecule has 0 heterocycles. The van der Waals surface area contributed by atoms with E-state index in [4.69, 9.17) is 4.74 Å². The highest BCUT2D eigenvalue weighted by molar-refractivity contribution is 5.95. The van der Waals surface area contributed by atoms with Crippen molar-refractivity contribution in [3.63, 3.8) is 0 Å². The van der Waals surface area contributed by atoms with Crippen LogP contribution in [-0.4, -0.2) is 24.9 Å². The van der Waals surface area contributed by atoms with Gasteiger partial charge in [-0.05, 0) is 43.4 Å². The molecule has 4 heteroatoms. The van der Waals surface area contributed by atoms with Gasteiger partial charge in [0.25, 0.3) is 5.91 Å². The van der Waals surface area contributed by atoms with Crippen LogP contribution in [0.2, 0.25) is 0 Å². The molecule has 4 nitrogen and oxygen atoms in total. The van der Waals surface area contributed by atoms with E-state index in [1.165, 1.54) is 5.56 Å². The predicted octanol–water partition coefficient (Wildman–Crippen LogP) is 4.26. The van der Waals surface area contributed by atoms with Crippen molar-refractivity contribution >= 4 is 5.91 Å². The molecule has 0 radical (unpaired) electrons. The largest absolute Gasteiger partial charge is 0.489 e. The van der Waals surface area contributed by atoms with Gasteiger partial charge < -0.3 is 15.0 Å². The molecule has 28 heavy (non-hydrogen) atoms. The van der Waals surface area contributed by atoms with Crippen molar-refractivity contribution in [1.29, 1.82) is 0 Å². The van der Waals surface area contributed by atoms with E-state index in [1.807, 2.05) is 80.8 Å². The van der Waals surface area contributed by atoms with Crippen LogP contribution >= 0.6 is 0 Å². The molecule has 0 aliphatic heterocycles. The van der Waals surface area contributed by atoms with Gasteiger partial charge in [-0.1, -0.05) is 60.7 Å². The van der Waals surface area contributed by atoms with E-state index in [2.05, 4.69) is 22.3 Å². The number of carbonyl (C=O) groups excluding carboxylic acids is 1. The fourth-order valence-electron chi connectivity index (χ4n) is 3.04. The number of hydrogen-bond acceptors (Lipinski definition) is 3. The monoisotopic (exact) mass is 374 g/mol. The molecule has 0 saturated carbocycles. The summed E-state index contributed by atoms with van der Waals surface area (Å²) in [6.07, 6.45) is 0. The average molecular weight is 374 g/mol. The Morgan fingerprint density at radius 1 is 0.821 bits per heavy atom. The maximum atomic E-state index is 12.8. The van der Waals surface area contributed by atoms with Gasteiger partial charge in [0.05, 0.1) is 0 Å². The van der Waals surface area contributed by atoms with Crippen LogP contribution in [0.15, 0.2) is 78.9 Å². The predicted molar refractivity (Wildman–Crippen MR) is 112 cm³/mol. The van der Waals surface area contributed by atoms with E-state index in [9.17, 15) is 4.79 Å². The molecule has 0 saturated heterocycles. The number of hydrogen-bond donors (Lipinski definition) is 1. The Bertz CT molecular complexity index is 907. The van der Waals surface area contributed by atoms with Crippen LogP contribution in [-0.2, 0) is 19.7 Å². The van der Waals surface area contributed by atoms with Crippen molar-refractivity contribution in [2.45, 2.75) is 19.7 Å². The van der Waals surface area contributed by atoms with Gasteiger partial charge >= 0.3 is 0 Å². The van der Waals surface area contributed by atoms with E-state index < -0.39 is 0 Å². The molecule has 1 N–H and O–H groups in total. The van der Waals surface area contributed by atoms with Crippen molar-refractivity contribution in [3.8, 4) is 5.75 Å². The zero-order chi connectivity index (χ0) is 19.8. The summed E-state index contributed by atoms with van der Waals surface area (Å²) in [6, 6.07) is 25.4. The lowest BCUT2D eigenvalue weighted by atomic mass is 10.1. The fourth-order valence-corrected chi connectivity index (χ4v) is 3.04. The first-order valence-electron chi connectivity index (χ1n) is 9.39. The van der Waals surface area contributed by atoms with Gasteiger partial charge in [0, 0.05) is 24.2 Å². The van der Waals surface area contributed by atoms with Gasteiger partial charge in [0.1, 0.15) is 12.4 Å². The highest BCUT2D eigenvalue weighted by Gasteiger charge is 2.12. The van der Waals surface area contributed by atoms with Gasteiger partial charge in [-0.3, -0.25) is 4.79 Å². The zero-order valence-electron chi connectivity index (χ0n) is 16.4. The molecule has 0 aromatic heterocycles. The highest BCUT2D eigenvalue weighted by atomic mass is 16.5. The van der Waals surface area contributed by atoms with E-state index in [-0.39, 0.29) is 5.91 Å². The van der Waals surface area contributed by atoms with E-state index >= 15 is 0 Å². The quantitative estimate of drug-likeness (QED) is 0.641. The lowest BCUT2D eigenvalue weighted by Gasteiger charge is -2.15. The molecule has 3 aromatic carbocycles. The van der Waals surface area contributed by atoms with Gasteiger partial charge in [-0.25, -0.2) is 0 Å². The Kier molecular flexibility index (Phi) is 6.82. The number of nitrogens with zero attached hydrogens (tertiary/aromatic N) is 1. The van der Waals surface area contributed by atoms with Crippen molar-refractivity contribution in [2.24, 2.45) is 0 Å². The van der Waals surface area contributed by atoms with Gasteiger partial charge in [0.15, 0.2) is 0 Å². The summed E-state index contributed by atoms with van der Waals surface area (Å²) in [5, 5.41) is 3.05. The Morgan fingerprint density at radius 3 is 2.14 bits per heavy atom. The number of amides is 1. The lowest BCUT2D eigenvalue weighted by molar-refractivity contribution is 0.0948. The second-order valence-corrected chi connectivity index (χ2v) is 6.95. The van der Waals surface area contributed by atoms with Crippen LogP contribution in [0.5, 0.6) is 5.75 Å². The molecule has 0 atom stereocenters. The Labute approximate surface area is 166 Å². The summed E-state index contributed by atoms with van der Waals surface area (Å²) >= 11 is 0. The number of carbonyl (C=O) groups is 1. The fraction of sp³-hybridized carbons (Fsp3) is 0.208. The highest BCUT2D eigenvalue weighted by Crippen LogP contribution is 2.16. The third-order valence-electron chi connectivity index (χ3n) is 4.44. The van der Waals surface area contributed by atoms with Crippen molar-refractivity contribution in [2.75, 3.05) is 14.1 Å². The molecule has 3 aromatic rings. The first-order chi connectivity index (χ1) is 13.6. The van der Waals surface area contributed by atoms with Crippen molar-refractivity contribution in [1.82, 2.24) is 10.2 Å². The second kappa shape index (κ2) is 9.72. The minimum Gasteiger partial charge on any atom is -0.489 e. The number of benzene rings is 3. The minimum atomic E-state index is -0.0908. The molecule has 0 spiro atoms. The standard InChI is InChI=1S/C24H26N2O2/c1-26(2)17-20-11-7-6-10-19(20)16-25-24(27)23-15-9-8-12-21(23)18-28-22-13-4-3-5-14-22/h3-15H,16-18H2,1-2H3,(H,25,27). The maximum absolute atomic E-state index is 12.8. The van der Waals surface area contributed by atoms with Crippen LogP contribution in [0.4, 0.5) is 0 Å². The Balaban J connectivity index is 1.67. The van der Waals surface area contributed by atoms with Crippen molar-refractivity contribution in [3.05, 3.63) is 101 Å². The molecule has 3 rings (SSSR count). The molecule has 144 valence electrons. The molecular formula is C24H26N2O2. The Morgan fingerprint density at radius 2 is 1.43 bits per heavy atom. The smallest absolute Gasteiger partial charge is 0.251 e. The summed E-state index contributed by atoms with van der Waals surface area (Å²) < 4.78 is 5.82. The summed E-state index contributed by atoms with van der Waals surface area (Å²) in [7, 11) is 4.08. The molecule has 0 unspecified atom stereocenters. The number of nitrogens with one attached hydrogen (secondary N) is 1. The molecule has 0 aliphatic rings. The van der Waals surface area contributed by atoms with Crippen LogP contribution in [0.3, 0.4) is 0 Å². The van der Waals surface area contributed by atoms with E-state index in [0.29, 0.717) is 18.7 Å². The van der Waals surface area contributed by atoms with Gasteiger partial charge in [-0.2, -0.15) is 0 Å². The van der Waals surface area contributed by atoms with Crippen LogP contribution in [0.25, 0.3) is 0 Å². The number of ether oxygens (including phenoxy) is 1. The van der Waals surface area contributed by atoms with Crippen molar-refractivity contribution < 1.29 is 9.53 Å². The first kappa shape index (κ1) is 19.6. The van der Waals surface area contributed by atoms with Crippen LogP contribution in [0, 0.1) is 0 Å². The average Bonchev–Trinajstić information content (AvgIpc) is 2.72. The Hall–Kier alpha value is -3.11. The summed E-state index contributed by atoms with van der Waals surface area (Å²) in [5.74, 6) is 0.697. The minimum absolute atomic E-state index is 0.0908. The molecule has 1 amide bonds. The third kappa shape index (κ3) is 5.44. The summed E-state index contributed by atoms with van der Waals surface area (Å²) in [6.45, 7) is 1.69. The van der Waals surface area contributed by atoms with Gasteiger partial charge in [-0.15, -0.1) is 0 Å².